The van der Waals surface area contributed by atoms with Gasteiger partial charge in [-0.15, -0.1) is 0 Å². The normalized spacial score (nSPS) is 21.6. The van der Waals surface area contributed by atoms with E-state index in [-0.39, 0.29) is 30.4 Å². The third-order valence-electron chi connectivity index (χ3n) is 10.0. The number of carbonyl (C=O) groups is 2. The van der Waals surface area contributed by atoms with Gasteiger partial charge in [0.05, 0.1) is 57.0 Å². The molecule has 0 bridgehead atoms. The lowest BCUT2D eigenvalue weighted by molar-refractivity contribution is -0.135. The van der Waals surface area contributed by atoms with Crippen molar-refractivity contribution < 1.29 is 19.1 Å². The van der Waals surface area contributed by atoms with E-state index in [0.717, 1.165) is 61.2 Å². The first kappa shape index (κ1) is 34.9. The van der Waals surface area contributed by atoms with Crippen LogP contribution in [0, 0.1) is 0 Å². The van der Waals surface area contributed by atoms with E-state index in [0.29, 0.717) is 54.2 Å². The lowest BCUT2D eigenvalue weighted by Crippen LogP contribution is -2.53. The summed E-state index contributed by atoms with van der Waals surface area (Å²) >= 11 is 6.20. The van der Waals surface area contributed by atoms with E-state index in [1.165, 1.54) is 0 Å². The first-order valence-electron chi connectivity index (χ1n) is 17.3. The molecule has 1 saturated carbocycles. The molecule has 1 aliphatic carbocycles. The van der Waals surface area contributed by atoms with E-state index < -0.39 is 0 Å². The zero-order valence-electron chi connectivity index (χ0n) is 29.2. The van der Waals surface area contributed by atoms with Gasteiger partial charge < -0.3 is 19.3 Å². The van der Waals surface area contributed by atoms with Crippen LogP contribution in [0.2, 0.25) is 5.02 Å². The Bertz CT molecular complexity index is 1610. The zero-order chi connectivity index (χ0) is 34.7. The summed E-state index contributed by atoms with van der Waals surface area (Å²) in [7, 11) is 5.52. The highest BCUT2D eigenvalue weighted by atomic mass is 35.5. The standard InChI is InChI=1S/C37H48ClN7O4/c1-24(2)49-34-19-31-26(17-33(34)48-5)18-35(46)45(32(31)16-25-6-8-27(38)9-7-25)37-39-20-30(21-40-37)43(4)23-41-28-10-12-29(13-11-28)44-15-14-42(3)36(47)22-44/h6-9,17,19-21,24,28-29,32,41H,10-16,18,22-23H2,1-5H3. The van der Waals surface area contributed by atoms with E-state index in [1.54, 1.807) is 24.4 Å². The van der Waals surface area contributed by atoms with Crippen molar-refractivity contribution >= 4 is 35.1 Å². The highest BCUT2D eigenvalue weighted by molar-refractivity contribution is 6.30. The molecule has 2 amide bonds. The van der Waals surface area contributed by atoms with Crippen LogP contribution < -0.4 is 24.6 Å². The van der Waals surface area contributed by atoms with Crippen molar-refractivity contribution in [2.45, 2.75) is 76.6 Å². The molecule has 2 aliphatic heterocycles. The van der Waals surface area contributed by atoms with E-state index in [1.807, 2.05) is 69.2 Å². The van der Waals surface area contributed by atoms with Crippen LogP contribution >= 0.6 is 11.6 Å². The first-order valence-corrected chi connectivity index (χ1v) is 17.7. The SMILES string of the molecule is COc1cc2c(cc1OC(C)C)C(Cc1ccc(Cl)cc1)N(c1ncc(N(C)CNC3CCC(N4CCN(C)C(=O)C4)CC3)cn1)C(=O)C2. The van der Waals surface area contributed by atoms with Gasteiger partial charge in [0.15, 0.2) is 11.5 Å². The van der Waals surface area contributed by atoms with Crippen LogP contribution in [0.1, 0.15) is 62.3 Å². The maximum absolute atomic E-state index is 13.8. The molecule has 1 saturated heterocycles. The highest BCUT2D eigenvalue weighted by Gasteiger charge is 2.37. The number of anilines is 2. The number of amides is 2. The van der Waals surface area contributed by atoms with Gasteiger partial charge in [-0.1, -0.05) is 23.7 Å². The summed E-state index contributed by atoms with van der Waals surface area (Å²) < 4.78 is 11.8. The maximum atomic E-state index is 13.8. The number of hydrogen-bond donors (Lipinski definition) is 1. The molecule has 3 heterocycles. The van der Waals surface area contributed by atoms with Crippen molar-refractivity contribution in [3.8, 4) is 11.5 Å². The van der Waals surface area contributed by atoms with Crippen LogP contribution in [0.5, 0.6) is 11.5 Å². The Morgan fingerprint density at radius 2 is 1.71 bits per heavy atom. The Balaban J connectivity index is 1.14. The molecule has 2 fully saturated rings. The van der Waals surface area contributed by atoms with Gasteiger partial charge in [-0.2, -0.15) is 0 Å². The van der Waals surface area contributed by atoms with Crippen molar-refractivity contribution in [2.75, 3.05) is 57.3 Å². The number of nitrogens with one attached hydrogen (secondary N) is 1. The maximum Gasteiger partial charge on any atom is 0.236 e. The molecular formula is C37H48ClN7O4. The number of carbonyl (C=O) groups excluding carboxylic acids is 2. The molecule has 3 aromatic rings. The number of benzene rings is 2. The van der Waals surface area contributed by atoms with Gasteiger partial charge in [0.2, 0.25) is 17.8 Å². The second kappa shape index (κ2) is 15.3. The fourth-order valence-electron chi connectivity index (χ4n) is 7.17. The summed E-state index contributed by atoms with van der Waals surface area (Å²) in [6.45, 7) is 6.92. The number of aromatic nitrogens is 2. The fourth-order valence-corrected chi connectivity index (χ4v) is 7.30. The van der Waals surface area contributed by atoms with Crippen molar-refractivity contribution in [1.82, 2.24) is 25.1 Å². The van der Waals surface area contributed by atoms with Crippen molar-refractivity contribution in [3.63, 3.8) is 0 Å². The molecule has 11 nitrogen and oxygen atoms in total. The Hall–Kier alpha value is -3.93. The quantitative estimate of drug-likeness (QED) is 0.283. The third-order valence-corrected chi connectivity index (χ3v) is 10.3. The van der Waals surface area contributed by atoms with Crippen LogP contribution in [-0.4, -0.2) is 97.3 Å². The molecule has 12 heteroatoms. The first-order chi connectivity index (χ1) is 23.6. The van der Waals surface area contributed by atoms with Crippen molar-refractivity contribution in [3.05, 3.63) is 70.5 Å². The van der Waals surface area contributed by atoms with Crippen LogP contribution in [-0.2, 0) is 22.4 Å². The van der Waals surface area contributed by atoms with Crippen LogP contribution in [0.25, 0.3) is 0 Å². The lowest BCUT2D eigenvalue weighted by Gasteiger charge is -2.41. The largest absolute Gasteiger partial charge is 0.493 e. The summed E-state index contributed by atoms with van der Waals surface area (Å²) in [4.78, 5) is 43.5. The van der Waals surface area contributed by atoms with Gasteiger partial charge in [0.25, 0.3) is 0 Å². The summed E-state index contributed by atoms with van der Waals surface area (Å²) in [6, 6.07) is 12.2. The summed E-state index contributed by atoms with van der Waals surface area (Å²) in [5.41, 5.74) is 3.78. The smallest absolute Gasteiger partial charge is 0.236 e. The van der Waals surface area contributed by atoms with Gasteiger partial charge in [-0.3, -0.25) is 24.7 Å². The monoisotopic (exact) mass is 689 g/mol. The van der Waals surface area contributed by atoms with Crippen molar-refractivity contribution in [1.29, 1.82) is 0 Å². The van der Waals surface area contributed by atoms with Crippen LogP contribution in [0.4, 0.5) is 11.6 Å². The molecule has 1 N–H and O–H groups in total. The predicted molar refractivity (Wildman–Crippen MR) is 192 cm³/mol. The van der Waals surface area contributed by atoms with E-state index in [9.17, 15) is 9.59 Å². The molecule has 0 spiro atoms. The number of nitrogens with zero attached hydrogens (tertiary/aromatic N) is 6. The predicted octanol–water partition coefficient (Wildman–Crippen LogP) is 4.87. The van der Waals surface area contributed by atoms with Gasteiger partial charge >= 0.3 is 0 Å². The van der Waals surface area contributed by atoms with E-state index in [2.05, 4.69) is 15.1 Å². The molecule has 49 heavy (non-hydrogen) atoms. The van der Waals surface area contributed by atoms with Gasteiger partial charge in [-0.05, 0) is 86.9 Å². The minimum Gasteiger partial charge on any atom is -0.493 e. The molecule has 2 aromatic carbocycles. The molecule has 0 radical (unpaired) electrons. The highest BCUT2D eigenvalue weighted by Crippen LogP contribution is 2.41. The molecule has 6 rings (SSSR count). The molecular weight excluding hydrogens is 642 g/mol. The molecule has 262 valence electrons. The number of piperazine rings is 1. The fraction of sp³-hybridized carbons (Fsp3) is 0.514. The van der Waals surface area contributed by atoms with Crippen molar-refractivity contribution in [2.24, 2.45) is 0 Å². The average molecular weight is 690 g/mol. The molecule has 3 aliphatic rings. The number of halogens is 1. The number of likely N-dealkylation sites (N-methyl/N-ethyl adjacent to an activating group) is 1. The summed E-state index contributed by atoms with van der Waals surface area (Å²) in [6.07, 6.45) is 8.63. The minimum atomic E-state index is -0.359. The molecule has 1 atom stereocenters. The third kappa shape index (κ3) is 8.11. The lowest BCUT2D eigenvalue weighted by atomic mass is 9.88. The van der Waals surface area contributed by atoms with Crippen LogP contribution in [0.15, 0.2) is 48.8 Å². The molecule has 1 unspecified atom stereocenters. The van der Waals surface area contributed by atoms with Gasteiger partial charge in [0.1, 0.15) is 0 Å². The second-order valence-electron chi connectivity index (χ2n) is 13.7. The number of ether oxygens (including phenoxy) is 2. The topological polar surface area (TPSA) is 103 Å². The number of rotatable bonds is 11. The Morgan fingerprint density at radius 3 is 2.37 bits per heavy atom. The second-order valence-corrected chi connectivity index (χ2v) is 14.2. The number of fused-ring (bicyclic) bond motifs is 1. The summed E-state index contributed by atoms with van der Waals surface area (Å²) in [5, 5.41) is 4.36. The van der Waals surface area contributed by atoms with Crippen LogP contribution in [0.3, 0.4) is 0 Å². The van der Waals surface area contributed by atoms with Gasteiger partial charge in [0, 0.05) is 44.3 Å². The number of hydrogen-bond acceptors (Lipinski definition) is 9. The Kier molecular flexibility index (Phi) is 10.9. The zero-order valence-corrected chi connectivity index (χ0v) is 29.9. The van der Waals surface area contributed by atoms with Gasteiger partial charge in [-0.25, -0.2) is 9.97 Å². The number of methoxy groups -OCH3 is 1. The Labute approximate surface area is 294 Å². The van der Waals surface area contributed by atoms with E-state index >= 15 is 0 Å². The van der Waals surface area contributed by atoms with E-state index in [4.69, 9.17) is 31.0 Å². The Morgan fingerprint density at radius 1 is 1.00 bits per heavy atom. The molecule has 1 aromatic heterocycles. The average Bonchev–Trinajstić information content (AvgIpc) is 3.09. The minimum absolute atomic E-state index is 0.0468. The summed E-state index contributed by atoms with van der Waals surface area (Å²) in [5.74, 6) is 1.75.